The highest BCUT2D eigenvalue weighted by atomic mass is 127. The molecule has 0 saturated heterocycles. The number of carbonyl (C=O) groups is 1. The number of rotatable bonds is 5. The molecule has 1 amide bonds. The molecule has 3 N–H and O–H groups in total. The molecule has 0 aromatic heterocycles. The molecule has 0 aliphatic heterocycles. The average molecular weight is 382 g/mol. The van der Waals surface area contributed by atoms with Crippen molar-refractivity contribution in [1.29, 1.82) is 0 Å². The van der Waals surface area contributed by atoms with Crippen LogP contribution in [0.5, 0.6) is 5.75 Å². The molecule has 0 bridgehead atoms. The SMILES string of the molecule is Nc1cccc(OCCC(=O)Nc2ccc(I)cc2)c1. The number of benzene rings is 2. The van der Waals surface area contributed by atoms with Crippen molar-refractivity contribution >= 4 is 39.9 Å². The maximum absolute atomic E-state index is 11.7. The van der Waals surface area contributed by atoms with Crippen LogP contribution in [0.1, 0.15) is 6.42 Å². The predicted octanol–water partition coefficient (Wildman–Crippen LogP) is 3.28. The lowest BCUT2D eigenvalue weighted by molar-refractivity contribution is -0.116. The van der Waals surface area contributed by atoms with E-state index in [9.17, 15) is 4.79 Å². The summed E-state index contributed by atoms with van der Waals surface area (Å²) in [6.07, 6.45) is 0.292. The molecule has 0 atom stereocenters. The van der Waals surface area contributed by atoms with Gasteiger partial charge in [-0.05, 0) is 59.0 Å². The van der Waals surface area contributed by atoms with Crippen molar-refractivity contribution in [3.05, 3.63) is 52.1 Å². The molecule has 20 heavy (non-hydrogen) atoms. The minimum atomic E-state index is -0.0740. The molecule has 0 fully saturated rings. The fourth-order valence-corrected chi connectivity index (χ4v) is 1.98. The van der Waals surface area contributed by atoms with E-state index in [0.29, 0.717) is 24.5 Å². The molecule has 0 spiro atoms. The van der Waals surface area contributed by atoms with Crippen LogP contribution in [-0.4, -0.2) is 12.5 Å². The van der Waals surface area contributed by atoms with Crippen molar-refractivity contribution in [2.24, 2.45) is 0 Å². The minimum absolute atomic E-state index is 0.0740. The Hall–Kier alpha value is -1.76. The Balaban J connectivity index is 1.76. The van der Waals surface area contributed by atoms with Gasteiger partial charge in [-0.3, -0.25) is 4.79 Å². The Bertz CT molecular complexity index is 585. The van der Waals surface area contributed by atoms with Crippen molar-refractivity contribution in [3.63, 3.8) is 0 Å². The molecule has 5 heteroatoms. The van der Waals surface area contributed by atoms with Gasteiger partial charge in [0.25, 0.3) is 0 Å². The molecular weight excluding hydrogens is 367 g/mol. The Morgan fingerprint density at radius 2 is 1.95 bits per heavy atom. The van der Waals surface area contributed by atoms with Gasteiger partial charge in [-0.25, -0.2) is 0 Å². The number of ether oxygens (including phenoxy) is 1. The number of amides is 1. The highest BCUT2D eigenvalue weighted by molar-refractivity contribution is 14.1. The second-order valence-corrected chi connectivity index (χ2v) is 5.47. The highest BCUT2D eigenvalue weighted by Crippen LogP contribution is 2.15. The first-order chi connectivity index (χ1) is 9.63. The average Bonchev–Trinajstić information content (AvgIpc) is 2.41. The molecule has 2 rings (SSSR count). The lowest BCUT2D eigenvalue weighted by atomic mass is 10.3. The van der Waals surface area contributed by atoms with E-state index in [4.69, 9.17) is 10.5 Å². The van der Waals surface area contributed by atoms with E-state index >= 15 is 0 Å². The van der Waals surface area contributed by atoms with E-state index in [-0.39, 0.29) is 5.91 Å². The normalized spacial score (nSPS) is 10.1. The molecular formula is C15H15IN2O2. The van der Waals surface area contributed by atoms with E-state index in [2.05, 4.69) is 27.9 Å². The minimum Gasteiger partial charge on any atom is -0.493 e. The van der Waals surface area contributed by atoms with E-state index in [0.717, 1.165) is 9.26 Å². The number of hydrogen-bond acceptors (Lipinski definition) is 3. The zero-order valence-electron chi connectivity index (χ0n) is 10.8. The van der Waals surface area contributed by atoms with Gasteiger partial charge in [0, 0.05) is 21.0 Å². The zero-order valence-corrected chi connectivity index (χ0v) is 13.0. The first-order valence-corrected chi connectivity index (χ1v) is 7.25. The highest BCUT2D eigenvalue weighted by Gasteiger charge is 2.03. The number of anilines is 2. The van der Waals surface area contributed by atoms with Gasteiger partial charge < -0.3 is 15.8 Å². The van der Waals surface area contributed by atoms with Crippen molar-refractivity contribution in [3.8, 4) is 5.75 Å². The molecule has 0 aliphatic carbocycles. The van der Waals surface area contributed by atoms with Gasteiger partial charge in [0.15, 0.2) is 0 Å². The Labute approximate surface area is 131 Å². The first kappa shape index (κ1) is 14.6. The quantitative estimate of drug-likeness (QED) is 0.616. The second kappa shape index (κ2) is 7.14. The van der Waals surface area contributed by atoms with Gasteiger partial charge in [-0.1, -0.05) is 6.07 Å². The van der Waals surface area contributed by atoms with Crippen LogP contribution in [0.25, 0.3) is 0 Å². The third kappa shape index (κ3) is 4.73. The van der Waals surface area contributed by atoms with Crippen molar-refractivity contribution in [2.45, 2.75) is 6.42 Å². The number of carbonyl (C=O) groups excluding carboxylic acids is 1. The van der Waals surface area contributed by atoms with Gasteiger partial charge in [0.2, 0.25) is 5.91 Å². The second-order valence-electron chi connectivity index (χ2n) is 4.23. The summed E-state index contributed by atoms with van der Waals surface area (Å²) in [5, 5.41) is 2.82. The summed E-state index contributed by atoms with van der Waals surface area (Å²) in [5.41, 5.74) is 7.08. The lowest BCUT2D eigenvalue weighted by Gasteiger charge is -2.08. The van der Waals surface area contributed by atoms with Crippen LogP contribution >= 0.6 is 22.6 Å². The Kier molecular flexibility index (Phi) is 5.23. The van der Waals surface area contributed by atoms with Crippen LogP contribution in [-0.2, 0) is 4.79 Å². The summed E-state index contributed by atoms with van der Waals surface area (Å²) in [7, 11) is 0. The third-order valence-corrected chi connectivity index (χ3v) is 3.30. The molecule has 4 nitrogen and oxygen atoms in total. The van der Waals surface area contributed by atoms with Crippen LogP contribution < -0.4 is 15.8 Å². The number of halogens is 1. The van der Waals surface area contributed by atoms with Gasteiger partial charge in [0.05, 0.1) is 13.0 Å². The topological polar surface area (TPSA) is 64.3 Å². The maximum Gasteiger partial charge on any atom is 0.227 e. The van der Waals surface area contributed by atoms with Gasteiger partial charge in [-0.2, -0.15) is 0 Å². The molecule has 2 aromatic carbocycles. The molecule has 0 aliphatic rings. The van der Waals surface area contributed by atoms with Crippen LogP contribution in [0.15, 0.2) is 48.5 Å². The molecule has 2 aromatic rings. The van der Waals surface area contributed by atoms with E-state index in [1.807, 2.05) is 36.4 Å². The van der Waals surface area contributed by atoms with Crippen LogP contribution in [0.3, 0.4) is 0 Å². The molecule has 0 radical (unpaired) electrons. The summed E-state index contributed by atoms with van der Waals surface area (Å²) in [5.74, 6) is 0.599. The van der Waals surface area contributed by atoms with Crippen molar-refractivity contribution in [2.75, 3.05) is 17.7 Å². The van der Waals surface area contributed by atoms with Gasteiger partial charge in [0.1, 0.15) is 5.75 Å². The van der Waals surface area contributed by atoms with Crippen LogP contribution in [0, 0.1) is 3.57 Å². The number of nitrogens with two attached hydrogens (primary N) is 1. The van der Waals surface area contributed by atoms with E-state index < -0.39 is 0 Å². The summed E-state index contributed by atoms with van der Waals surface area (Å²) >= 11 is 2.22. The van der Waals surface area contributed by atoms with E-state index in [1.54, 1.807) is 12.1 Å². The number of nitrogens with one attached hydrogen (secondary N) is 1. The number of nitrogen functional groups attached to an aromatic ring is 1. The first-order valence-electron chi connectivity index (χ1n) is 6.17. The van der Waals surface area contributed by atoms with Crippen molar-refractivity contribution in [1.82, 2.24) is 0 Å². The Morgan fingerprint density at radius 1 is 1.20 bits per heavy atom. The standard InChI is InChI=1S/C15H15IN2O2/c16-11-4-6-13(7-5-11)18-15(19)8-9-20-14-3-1-2-12(17)10-14/h1-7,10H,8-9,17H2,(H,18,19). The molecule has 0 unspecified atom stereocenters. The van der Waals surface area contributed by atoms with Crippen molar-refractivity contribution < 1.29 is 9.53 Å². The molecule has 0 saturated carbocycles. The Morgan fingerprint density at radius 3 is 2.65 bits per heavy atom. The zero-order chi connectivity index (χ0) is 14.4. The fraction of sp³-hybridized carbons (Fsp3) is 0.133. The lowest BCUT2D eigenvalue weighted by Crippen LogP contribution is -2.15. The van der Waals surface area contributed by atoms with Crippen LogP contribution in [0.2, 0.25) is 0 Å². The molecule has 0 heterocycles. The summed E-state index contributed by atoms with van der Waals surface area (Å²) in [4.78, 5) is 11.7. The summed E-state index contributed by atoms with van der Waals surface area (Å²) in [6, 6.07) is 14.8. The van der Waals surface area contributed by atoms with Gasteiger partial charge in [-0.15, -0.1) is 0 Å². The monoisotopic (exact) mass is 382 g/mol. The maximum atomic E-state index is 11.7. The number of hydrogen-bond donors (Lipinski definition) is 2. The smallest absolute Gasteiger partial charge is 0.227 e. The largest absolute Gasteiger partial charge is 0.493 e. The predicted molar refractivity (Wildman–Crippen MR) is 88.8 cm³/mol. The van der Waals surface area contributed by atoms with Crippen LogP contribution in [0.4, 0.5) is 11.4 Å². The van der Waals surface area contributed by atoms with Gasteiger partial charge >= 0.3 is 0 Å². The summed E-state index contributed by atoms with van der Waals surface area (Å²) < 4.78 is 6.60. The molecule has 104 valence electrons. The summed E-state index contributed by atoms with van der Waals surface area (Å²) in [6.45, 7) is 0.319. The van der Waals surface area contributed by atoms with E-state index in [1.165, 1.54) is 0 Å². The third-order valence-electron chi connectivity index (χ3n) is 2.58. The fourth-order valence-electron chi connectivity index (χ4n) is 1.62.